The van der Waals surface area contributed by atoms with Crippen LogP contribution in [0.25, 0.3) is 21.3 Å². The molecule has 2 aromatic heterocycles. The summed E-state index contributed by atoms with van der Waals surface area (Å²) in [5.41, 5.74) is 6.76. The van der Waals surface area contributed by atoms with Gasteiger partial charge < -0.3 is 10.5 Å². The second kappa shape index (κ2) is 6.45. The Hall–Kier alpha value is -2.67. The van der Waals surface area contributed by atoms with Gasteiger partial charge in [0.2, 0.25) is 5.91 Å². The van der Waals surface area contributed by atoms with Crippen LogP contribution in [0.3, 0.4) is 0 Å². The molecule has 0 atom stereocenters. The molecule has 1 amide bonds. The van der Waals surface area contributed by atoms with E-state index < -0.39 is 5.91 Å². The molecule has 0 spiro atoms. The number of primary amides is 1. The second-order valence-corrected chi connectivity index (χ2v) is 6.25. The molecular weight excluding hydrogens is 326 g/mol. The highest BCUT2D eigenvalue weighted by Gasteiger charge is 2.16. The van der Waals surface area contributed by atoms with Gasteiger partial charge in [-0.2, -0.15) is 0 Å². The van der Waals surface area contributed by atoms with Crippen molar-refractivity contribution in [3.8, 4) is 16.9 Å². The van der Waals surface area contributed by atoms with Crippen molar-refractivity contribution in [3.05, 3.63) is 45.8 Å². The zero-order valence-corrected chi connectivity index (χ0v) is 14.2. The van der Waals surface area contributed by atoms with E-state index in [4.69, 9.17) is 10.5 Å². The van der Waals surface area contributed by atoms with Gasteiger partial charge in [-0.15, -0.1) is 11.3 Å². The predicted octanol–water partition coefficient (Wildman–Crippen LogP) is 2.32. The van der Waals surface area contributed by atoms with Gasteiger partial charge in [0.1, 0.15) is 16.4 Å². The van der Waals surface area contributed by atoms with E-state index in [-0.39, 0.29) is 18.5 Å². The molecule has 2 N–H and O–H groups in total. The van der Waals surface area contributed by atoms with Gasteiger partial charge >= 0.3 is 0 Å². The van der Waals surface area contributed by atoms with Crippen LogP contribution in [0.2, 0.25) is 0 Å². The lowest BCUT2D eigenvalue weighted by Gasteiger charge is -2.09. The number of nitrogens with zero attached hydrogens (tertiary/aromatic N) is 2. The molecule has 0 saturated carbocycles. The lowest BCUT2D eigenvalue weighted by Crippen LogP contribution is -2.26. The van der Waals surface area contributed by atoms with Gasteiger partial charge in [0.15, 0.2) is 0 Å². The highest BCUT2D eigenvalue weighted by atomic mass is 32.1. The molecule has 0 saturated heterocycles. The average molecular weight is 343 g/mol. The maximum atomic E-state index is 12.9. The average Bonchev–Trinajstić information content (AvgIpc) is 2.98. The van der Waals surface area contributed by atoms with E-state index in [0.717, 1.165) is 16.9 Å². The summed E-state index contributed by atoms with van der Waals surface area (Å²) < 4.78 is 6.76. The van der Waals surface area contributed by atoms with Gasteiger partial charge in [-0.05, 0) is 24.6 Å². The minimum atomic E-state index is -0.445. The molecular formula is C17H17N3O3S. The smallest absolute Gasteiger partial charge is 0.262 e. The first kappa shape index (κ1) is 16.2. The van der Waals surface area contributed by atoms with E-state index >= 15 is 0 Å². The van der Waals surface area contributed by atoms with Crippen LogP contribution in [-0.2, 0) is 11.3 Å². The maximum absolute atomic E-state index is 12.9. The Kier molecular flexibility index (Phi) is 4.35. The van der Waals surface area contributed by atoms with E-state index in [1.54, 1.807) is 14.0 Å². The lowest BCUT2D eigenvalue weighted by atomic mass is 10.1. The van der Waals surface area contributed by atoms with E-state index in [9.17, 15) is 9.59 Å². The molecule has 1 aromatic carbocycles. The fourth-order valence-electron chi connectivity index (χ4n) is 2.61. The summed E-state index contributed by atoms with van der Waals surface area (Å²) in [4.78, 5) is 29.1. The molecule has 3 aromatic rings. The van der Waals surface area contributed by atoms with Gasteiger partial charge in [0.25, 0.3) is 5.56 Å². The number of hydrogen-bond donors (Lipinski definition) is 1. The Bertz CT molecular complexity index is 975. The highest BCUT2D eigenvalue weighted by molar-refractivity contribution is 7.17. The number of fused-ring (bicyclic) bond motifs is 1. The summed E-state index contributed by atoms with van der Waals surface area (Å²) in [6.07, 6.45) is 0.104. The fourth-order valence-corrected chi connectivity index (χ4v) is 3.60. The number of hydrogen-bond acceptors (Lipinski definition) is 5. The van der Waals surface area contributed by atoms with Crippen LogP contribution in [0.1, 0.15) is 12.2 Å². The van der Waals surface area contributed by atoms with Crippen molar-refractivity contribution < 1.29 is 9.53 Å². The predicted molar refractivity (Wildman–Crippen MR) is 94.4 cm³/mol. The monoisotopic (exact) mass is 343 g/mol. The maximum Gasteiger partial charge on any atom is 0.262 e. The SMILES string of the molecule is COc1cccc(-c2csc3nc(C)n(CCC(N)=O)c(=O)c23)c1. The normalized spacial score (nSPS) is 10.9. The molecule has 3 rings (SSSR count). The number of methoxy groups -OCH3 is 1. The van der Waals surface area contributed by atoms with E-state index in [1.807, 2.05) is 29.6 Å². The molecule has 6 nitrogen and oxygen atoms in total. The van der Waals surface area contributed by atoms with Crippen LogP contribution in [0.5, 0.6) is 5.75 Å². The van der Waals surface area contributed by atoms with Crippen molar-refractivity contribution >= 4 is 27.5 Å². The quantitative estimate of drug-likeness (QED) is 0.770. The number of rotatable bonds is 5. The van der Waals surface area contributed by atoms with E-state index in [1.165, 1.54) is 15.9 Å². The van der Waals surface area contributed by atoms with Crippen LogP contribution in [0, 0.1) is 6.92 Å². The van der Waals surface area contributed by atoms with Crippen molar-refractivity contribution in [1.29, 1.82) is 0 Å². The van der Waals surface area contributed by atoms with Crippen LogP contribution in [0.15, 0.2) is 34.4 Å². The van der Waals surface area contributed by atoms with Crippen LogP contribution < -0.4 is 16.0 Å². The Morgan fingerprint density at radius 2 is 2.21 bits per heavy atom. The molecule has 0 fully saturated rings. The minimum Gasteiger partial charge on any atom is -0.497 e. The summed E-state index contributed by atoms with van der Waals surface area (Å²) in [7, 11) is 1.60. The number of nitrogens with two attached hydrogens (primary N) is 1. The molecule has 2 heterocycles. The van der Waals surface area contributed by atoms with Crippen molar-refractivity contribution in [2.24, 2.45) is 5.73 Å². The molecule has 0 unspecified atom stereocenters. The number of aryl methyl sites for hydroxylation is 1. The van der Waals surface area contributed by atoms with Gasteiger partial charge in [-0.25, -0.2) is 4.98 Å². The Balaban J connectivity index is 2.18. The van der Waals surface area contributed by atoms with Gasteiger partial charge in [-0.3, -0.25) is 14.2 Å². The standard InChI is InChI=1S/C17H17N3O3S/c1-10-19-16-15(17(22)20(10)7-6-14(18)21)13(9-24-16)11-4-3-5-12(8-11)23-2/h3-5,8-9H,6-7H2,1-2H3,(H2,18,21). The lowest BCUT2D eigenvalue weighted by molar-refractivity contribution is -0.118. The molecule has 0 radical (unpaired) electrons. The molecule has 7 heteroatoms. The van der Waals surface area contributed by atoms with Crippen molar-refractivity contribution in [3.63, 3.8) is 0 Å². The van der Waals surface area contributed by atoms with Gasteiger partial charge in [-0.1, -0.05) is 12.1 Å². The first-order valence-electron chi connectivity index (χ1n) is 7.42. The number of thiophene rings is 1. The summed E-state index contributed by atoms with van der Waals surface area (Å²) in [5, 5.41) is 2.48. The second-order valence-electron chi connectivity index (χ2n) is 5.39. The number of amides is 1. The van der Waals surface area contributed by atoms with Crippen LogP contribution >= 0.6 is 11.3 Å². The zero-order valence-electron chi connectivity index (χ0n) is 13.4. The number of carbonyl (C=O) groups excluding carboxylic acids is 1. The third-order valence-electron chi connectivity index (χ3n) is 3.85. The Morgan fingerprint density at radius 3 is 2.92 bits per heavy atom. The minimum absolute atomic E-state index is 0.104. The van der Waals surface area contributed by atoms with E-state index in [0.29, 0.717) is 16.0 Å². The van der Waals surface area contributed by atoms with Crippen molar-refractivity contribution in [2.75, 3.05) is 7.11 Å². The van der Waals surface area contributed by atoms with Crippen molar-refractivity contribution in [2.45, 2.75) is 19.9 Å². The number of carbonyl (C=O) groups is 1. The van der Waals surface area contributed by atoms with Crippen LogP contribution in [0.4, 0.5) is 0 Å². The zero-order chi connectivity index (χ0) is 17.3. The topological polar surface area (TPSA) is 87.2 Å². The third kappa shape index (κ3) is 2.90. The number of benzene rings is 1. The Labute approximate surface area is 142 Å². The summed E-state index contributed by atoms with van der Waals surface area (Å²) in [6, 6.07) is 7.54. The summed E-state index contributed by atoms with van der Waals surface area (Å²) in [5.74, 6) is 0.855. The molecule has 124 valence electrons. The highest BCUT2D eigenvalue weighted by Crippen LogP contribution is 2.32. The number of ether oxygens (including phenoxy) is 1. The first-order chi connectivity index (χ1) is 11.5. The van der Waals surface area contributed by atoms with Gasteiger partial charge in [0.05, 0.1) is 12.5 Å². The number of aromatic nitrogens is 2. The largest absolute Gasteiger partial charge is 0.497 e. The molecule has 0 aliphatic rings. The molecule has 24 heavy (non-hydrogen) atoms. The fraction of sp³-hybridized carbons (Fsp3) is 0.235. The molecule has 0 aliphatic heterocycles. The summed E-state index contributed by atoms with van der Waals surface area (Å²) in [6.45, 7) is 1.99. The molecule has 0 aliphatic carbocycles. The molecule has 0 bridgehead atoms. The first-order valence-corrected chi connectivity index (χ1v) is 8.30. The van der Waals surface area contributed by atoms with E-state index in [2.05, 4.69) is 4.98 Å². The van der Waals surface area contributed by atoms with Gasteiger partial charge in [0, 0.05) is 23.9 Å². The van der Waals surface area contributed by atoms with Crippen molar-refractivity contribution in [1.82, 2.24) is 9.55 Å². The summed E-state index contributed by atoms with van der Waals surface area (Å²) >= 11 is 1.43. The van der Waals surface area contributed by atoms with Crippen LogP contribution in [-0.4, -0.2) is 22.6 Å². The third-order valence-corrected chi connectivity index (χ3v) is 4.72. The Morgan fingerprint density at radius 1 is 1.42 bits per heavy atom.